The summed E-state index contributed by atoms with van der Waals surface area (Å²) in [6, 6.07) is 23.6. The molecule has 1 heterocycles. The van der Waals surface area contributed by atoms with Crippen molar-refractivity contribution in [2.24, 2.45) is 0 Å². The molecule has 4 rings (SSSR count). The van der Waals surface area contributed by atoms with Crippen LogP contribution in [-0.2, 0) is 20.8 Å². The molecule has 3 aromatic carbocycles. The van der Waals surface area contributed by atoms with Gasteiger partial charge in [0.2, 0.25) is 0 Å². The van der Waals surface area contributed by atoms with Gasteiger partial charge in [-0.25, -0.2) is 0 Å². The number of nitrogens with zero attached hydrogens (tertiary/aromatic N) is 1. The van der Waals surface area contributed by atoms with Crippen LogP contribution in [0.15, 0.2) is 72.8 Å². The van der Waals surface area contributed by atoms with Gasteiger partial charge in [0.05, 0.1) is 36.8 Å². The Morgan fingerprint density at radius 2 is 1.77 bits per heavy atom. The van der Waals surface area contributed by atoms with E-state index in [9.17, 15) is 4.79 Å². The van der Waals surface area contributed by atoms with Crippen molar-refractivity contribution in [3.63, 3.8) is 0 Å². The molecule has 2 N–H and O–H groups in total. The van der Waals surface area contributed by atoms with Gasteiger partial charge in [-0.3, -0.25) is 9.69 Å². The lowest BCUT2D eigenvalue weighted by Gasteiger charge is -2.18. The number of amides is 1. The van der Waals surface area contributed by atoms with Crippen LogP contribution in [0.2, 0.25) is 5.02 Å². The molecule has 1 amide bonds. The average Bonchev–Trinajstić information content (AvgIpc) is 3.18. The van der Waals surface area contributed by atoms with Gasteiger partial charge in [-0.1, -0.05) is 60.1 Å². The van der Waals surface area contributed by atoms with Crippen molar-refractivity contribution in [1.29, 1.82) is 0 Å². The van der Waals surface area contributed by atoms with Crippen molar-refractivity contribution >= 4 is 40.2 Å². The van der Waals surface area contributed by atoms with E-state index in [-0.39, 0.29) is 5.91 Å². The third-order valence-corrected chi connectivity index (χ3v) is 6.00. The molecule has 0 bridgehead atoms. The molecule has 0 saturated carbocycles. The Labute approximate surface area is 211 Å². The summed E-state index contributed by atoms with van der Waals surface area (Å²) in [5, 5.41) is 7.02. The number of likely N-dealkylation sites (N-methyl/N-ethyl adjacent to an activating group) is 1. The molecule has 3 aromatic rings. The van der Waals surface area contributed by atoms with Gasteiger partial charge in [-0.2, -0.15) is 0 Å². The second-order valence-electron chi connectivity index (χ2n) is 8.42. The Bertz CT molecular complexity index is 1180. The van der Waals surface area contributed by atoms with Gasteiger partial charge in [-0.05, 0) is 42.4 Å². The molecular formula is C28H30ClN3O3. The largest absolute Gasteiger partial charge is 0.382 e. The van der Waals surface area contributed by atoms with E-state index in [1.165, 1.54) is 5.56 Å². The number of hydrogen-bond acceptors (Lipinski definition) is 5. The molecule has 0 atom stereocenters. The quantitative estimate of drug-likeness (QED) is 0.279. The molecule has 0 unspecified atom stereocenters. The Morgan fingerprint density at radius 1 is 1.00 bits per heavy atom. The minimum atomic E-state index is -0.153. The molecule has 35 heavy (non-hydrogen) atoms. The first-order chi connectivity index (χ1) is 17.0. The van der Waals surface area contributed by atoms with E-state index in [1.54, 1.807) is 19.2 Å². The van der Waals surface area contributed by atoms with E-state index in [0.29, 0.717) is 30.4 Å². The third-order valence-electron chi connectivity index (χ3n) is 5.76. The molecule has 1 aliphatic heterocycles. The number of rotatable bonds is 11. The summed E-state index contributed by atoms with van der Waals surface area (Å²) in [4.78, 5) is 15.2. The maximum Gasteiger partial charge on any atom is 0.258 e. The fourth-order valence-electron chi connectivity index (χ4n) is 3.97. The lowest BCUT2D eigenvalue weighted by Crippen LogP contribution is -2.23. The number of fused-ring (bicyclic) bond motifs is 1. The zero-order valence-corrected chi connectivity index (χ0v) is 20.8. The first kappa shape index (κ1) is 24.9. The van der Waals surface area contributed by atoms with Crippen LogP contribution in [0.3, 0.4) is 0 Å². The summed E-state index contributed by atoms with van der Waals surface area (Å²) in [5.41, 5.74) is 5.93. The lowest BCUT2D eigenvalue weighted by atomic mass is 10.00. The van der Waals surface area contributed by atoms with Crippen molar-refractivity contribution in [3.8, 4) is 0 Å². The Hall–Kier alpha value is -3.16. The maximum absolute atomic E-state index is 13.0. The Morgan fingerprint density at radius 3 is 2.51 bits per heavy atom. The Kier molecular flexibility index (Phi) is 8.55. The van der Waals surface area contributed by atoms with Gasteiger partial charge in [0.15, 0.2) is 0 Å². The van der Waals surface area contributed by atoms with Crippen LogP contribution >= 0.6 is 11.6 Å². The highest BCUT2D eigenvalue weighted by Gasteiger charge is 2.28. The van der Waals surface area contributed by atoms with Crippen molar-refractivity contribution in [2.45, 2.75) is 6.54 Å². The molecule has 0 aromatic heterocycles. The summed E-state index contributed by atoms with van der Waals surface area (Å²) in [5.74, 6) is -0.153. The number of carbonyl (C=O) groups is 1. The van der Waals surface area contributed by atoms with Crippen molar-refractivity contribution in [3.05, 3.63) is 94.5 Å². The zero-order valence-electron chi connectivity index (χ0n) is 20.0. The number of ether oxygens (including phenoxy) is 2. The summed E-state index contributed by atoms with van der Waals surface area (Å²) < 4.78 is 10.6. The molecule has 182 valence electrons. The van der Waals surface area contributed by atoms with Crippen LogP contribution < -0.4 is 10.6 Å². The van der Waals surface area contributed by atoms with Crippen LogP contribution in [0.4, 0.5) is 11.4 Å². The molecule has 1 aliphatic rings. The highest BCUT2D eigenvalue weighted by molar-refractivity contribution is 6.38. The predicted molar refractivity (Wildman–Crippen MR) is 142 cm³/mol. The van der Waals surface area contributed by atoms with Gasteiger partial charge in [0, 0.05) is 36.5 Å². The van der Waals surface area contributed by atoms with E-state index in [2.05, 4.69) is 34.7 Å². The topological polar surface area (TPSA) is 62.8 Å². The van der Waals surface area contributed by atoms with Crippen LogP contribution in [-0.4, -0.2) is 51.3 Å². The number of nitrogens with one attached hydrogen (secondary N) is 2. The Balaban J connectivity index is 1.52. The molecule has 0 fully saturated rings. The summed E-state index contributed by atoms with van der Waals surface area (Å²) in [6.07, 6.45) is 0. The van der Waals surface area contributed by atoms with Crippen LogP contribution in [0, 0.1) is 0 Å². The number of methoxy groups -OCH3 is 1. The highest BCUT2D eigenvalue weighted by atomic mass is 35.5. The molecule has 7 heteroatoms. The standard InChI is InChI=1S/C28H30ClN3O3/c1-32(14-15-35-17-16-34-2)19-20-8-11-23(12-9-20)30-27(21-6-4-3-5-7-21)26-24-13-10-22(29)18-25(24)31-28(26)33/h3-13,18,30H,14-17,19H2,1-2H3,(H,31,33). The first-order valence-electron chi connectivity index (χ1n) is 11.6. The minimum Gasteiger partial charge on any atom is -0.382 e. The van der Waals surface area contributed by atoms with E-state index in [1.807, 2.05) is 48.5 Å². The third kappa shape index (κ3) is 6.50. The van der Waals surface area contributed by atoms with Crippen molar-refractivity contribution in [2.75, 3.05) is 51.2 Å². The highest BCUT2D eigenvalue weighted by Crippen LogP contribution is 2.38. The lowest BCUT2D eigenvalue weighted by molar-refractivity contribution is -0.110. The maximum atomic E-state index is 13.0. The summed E-state index contributed by atoms with van der Waals surface area (Å²) >= 11 is 6.15. The minimum absolute atomic E-state index is 0.153. The molecule has 0 aliphatic carbocycles. The molecular weight excluding hydrogens is 462 g/mol. The number of carbonyl (C=O) groups excluding carboxylic acids is 1. The van der Waals surface area contributed by atoms with Crippen LogP contribution in [0.1, 0.15) is 16.7 Å². The van der Waals surface area contributed by atoms with Crippen LogP contribution in [0.25, 0.3) is 11.3 Å². The fourth-order valence-corrected chi connectivity index (χ4v) is 4.14. The molecule has 6 nitrogen and oxygen atoms in total. The van der Waals surface area contributed by atoms with Gasteiger partial charge >= 0.3 is 0 Å². The normalized spacial score (nSPS) is 14.1. The van der Waals surface area contributed by atoms with Crippen molar-refractivity contribution in [1.82, 2.24) is 4.90 Å². The monoisotopic (exact) mass is 491 g/mol. The fraction of sp³-hybridized carbons (Fsp3) is 0.250. The molecule has 0 saturated heterocycles. The van der Waals surface area contributed by atoms with E-state index in [0.717, 1.165) is 41.3 Å². The predicted octanol–water partition coefficient (Wildman–Crippen LogP) is 5.37. The van der Waals surface area contributed by atoms with Gasteiger partial charge in [0.1, 0.15) is 0 Å². The van der Waals surface area contributed by atoms with E-state index in [4.69, 9.17) is 21.1 Å². The number of halogens is 1. The average molecular weight is 492 g/mol. The van der Waals surface area contributed by atoms with E-state index >= 15 is 0 Å². The van der Waals surface area contributed by atoms with Crippen LogP contribution in [0.5, 0.6) is 0 Å². The van der Waals surface area contributed by atoms with E-state index < -0.39 is 0 Å². The van der Waals surface area contributed by atoms with Gasteiger partial charge < -0.3 is 20.1 Å². The smallest absolute Gasteiger partial charge is 0.258 e. The van der Waals surface area contributed by atoms with Crippen molar-refractivity contribution < 1.29 is 14.3 Å². The second kappa shape index (κ2) is 12.0. The summed E-state index contributed by atoms with van der Waals surface area (Å²) in [7, 11) is 3.75. The number of anilines is 2. The summed E-state index contributed by atoms with van der Waals surface area (Å²) in [6.45, 7) is 3.55. The SMILES string of the molecule is COCCOCCN(C)Cc1ccc(NC(=C2C(=O)Nc3cc(Cl)ccc32)c2ccccc2)cc1. The second-order valence-corrected chi connectivity index (χ2v) is 8.86. The number of hydrogen-bond donors (Lipinski definition) is 2. The molecule has 0 radical (unpaired) electrons. The van der Waals surface area contributed by atoms with Gasteiger partial charge in [0.25, 0.3) is 5.91 Å². The zero-order chi connectivity index (χ0) is 24.6. The van der Waals surface area contributed by atoms with Gasteiger partial charge in [-0.15, -0.1) is 0 Å². The molecule has 0 spiro atoms. The first-order valence-corrected chi connectivity index (χ1v) is 11.9. The number of benzene rings is 3.